The third kappa shape index (κ3) is 4.37. The highest BCUT2D eigenvalue weighted by Gasteiger charge is 2.35. The van der Waals surface area contributed by atoms with E-state index in [2.05, 4.69) is 5.48 Å². The van der Waals surface area contributed by atoms with Crippen LogP contribution in [0.3, 0.4) is 0 Å². The number of carbonyl (C=O) groups excluding carboxylic acids is 3. The van der Waals surface area contributed by atoms with Crippen molar-refractivity contribution in [1.82, 2.24) is 10.4 Å². The molecule has 0 atom stereocenters. The summed E-state index contributed by atoms with van der Waals surface area (Å²) in [5, 5.41) is 0. The van der Waals surface area contributed by atoms with Crippen LogP contribution < -0.4 is 5.48 Å². The summed E-state index contributed by atoms with van der Waals surface area (Å²) in [5.41, 5.74) is 4.26. The van der Waals surface area contributed by atoms with Gasteiger partial charge in [-0.05, 0) is 36.4 Å². The Kier molecular flexibility index (Phi) is 6.26. The Balaban J connectivity index is 1.67. The number of amides is 3. The molecule has 1 heterocycles. The van der Waals surface area contributed by atoms with Crippen molar-refractivity contribution in [2.75, 3.05) is 25.2 Å². The number of thioether (sulfide) groups is 1. The van der Waals surface area contributed by atoms with Crippen LogP contribution in [0.1, 0.15) is 36.6 Å². The number of fused-ring (bicyclic) bond motifs is 1. The van der Waals surface area contributed by atoms with Crippen molar-refractivity contribution in [3.63, 3.8) is 0 Å². The molecule has 0 spiro atoms. The molecule has 1 aliphatic heterocycles. The molecule has 27 heavy (non-hydrogen) atoms. The minimum atomic E-state index is -0.443. The highest BCUT2D eigenvalue weighted by Crippen LogP contribution is 2.24. The van der Waals surface area contributed by atoms with Gasteiger partial charge < -0.3 is 0 Å². The van der Waals surface area contributed by atoms with Gasteiger partial charge in [-0.1, -0.05) is 30.3 Å². The zero-order valence-corrected chi connectivity index (χ0v) is 15.8. The summed E-state index contributed by atoms with van der Waals surface area (Å²) in [7, 11) is 0. The lowest BCUT2D eigenvalue weighted by Crippen LogP contribution is -2.31. The largest absolute Gasteiger partial charge is 0.274 e. The molecule has 0 saturated carbocycles. The first-order valence-electron chi connectivity index (χ1n) is 8.57. The number of hydroxylamine groups is 1. The topological polar surface area (TPSA) is 75.7 Å². The third-order valence-electron chi connectivity index (χ3n) is 4.25. The third-order valence-corrected chi connectivity index (χ3v) is 4.83. The fraction of sp³-hybridized carbons (Fsp3) is 0.250. The molecule has 0 fully saturated rings. The monoisotopic (exact) mass is 384 g/mol. The fourth-order valence-corrected chi connectivity index (χ4v) is 3.07. The second-order valence-electron chi connectivity index (χ2n) is 6.03. The summed E-state index contributed by atoms with van der Waals surface area (Å²) in [5.74, 6) is -0.381. The number of nitrogens with zero attached hydrogens (tertiary/aromatic N) is 1. The molecule has 7 heteroatoms. The molecule has 0 unspecified atom stereocenters. The lowest BCUT2D eigenvalue weighted by Gasteiger charge is -2.13. The molecule has 0 aromatic heterocycles. The van der Waals surface area contributed by atoms with E-state index < -0.39 is 5.91 Å². The van der Waals surface area contributed by atoms with Crippen molar-refractivity contribution in [2.24, 2.45) is 0 Å². The van der Waals surface area contributed by atoms with Crippen molar-refractivity contribution in [3.8, 4) is 0 Å². The molecule has 1 N–H and O–H groups in total. The lowest BCUT2D eigenvalue weighted by molar-refractivity contribution is 0.0374. The zero-order chi connectivity index (χ0) is 19.2. The molecule has 3 rings (SSSR count). The summed E-state index contributed by atoms with van der Waals surface area (Å²) in [4.78, 5) is 43.6. The highest BCUT2D eigenvalue weighted by atomic mass is 32.2. The van der Waals surface area contributed by atoms with Crippen molar-refractivity contribution < 1.29 is 19.2 Å². The summed E-state index contributed by atoms with van der Waals surface area (Å²) in [6.07, 6.45) is 2.53. The minimum absolute atomic E-state index is 0.254. The first kappa shape index (κ1) is 19.1. The number of hydrogen-bond donors (Lipinski definition) is 1. The standard InChI is InChI=1S/C20H20N2O4S/c1-27-12-11-26-21-18(23)15-7-8-16-17(13-15)20(25)22(19(16)24)10-9-14-5-3-2-4-6-14/h2-8,13H,9-12H2,1H3,(H,21,23). The van der Waals surface area contributed by atoms with Crippen molar-refractivity contribution in [2.45, 2.75) is 6.42 Å². The van der Waals surface area contributed by atoms with E-state index in [1.807, 2.05) is 36.6 Å². The predicted octanol–water partition coefficient (Wildman–Crippen LogP) is 2.55. The second-order valence-corrected chi connectivity index (χ2v) is 7.02. The van der Waals surface area contributed by atoms with Crippen molar-refractivity contribution in [1.29, 1.82) is 0 Å². The van der Waals surface area contributed by atoms with Gasteiger partial charge in [0.25, 0.3) is 17.7 Å². The smallest absolute Gasteiger partial charge is 0.274 e. The summed E-state index contributed by atoms with van der Waals surface area (Å²) >= 11 is 1.61. The van der Waals surface area contributed by atoms with E-state index in [0.717, 1.165) is 11.3 Å². The van der Waals surface area contributed by atoms with E-state index in [9.17, 15) is 14.4 Å². The van der Waals surface area contributed by atoms with Crippen LogP contribution in [0.15, 0.2) is 48.5 Å². The normalized spacial score (nSPS) is 13.0. The van der Waals surface area contributed by atoms with E-state index >= 15 is 0 Å². The molecular weight excluding hydrogens is 364 g/mol. The Hall–Kier alpha value is -2.64. The first-order chi connectivity index (χ1) is 13.1. The summed E-state index contributed by atoms with van der Waals surface area (Å²) in [6.45, 7) is 0.693. The lowest BCUT2D eigenvalue weighted by atomic mass is 10.1. The molecular formula is C20H20N2O4S. The van der Waals surface area contributed by atoms with Gasteiger partial charge in [0.15, 0.2) is 0 Å². The van der Waals surface area contributed by atoms with Crippen LogP contribution in [0.5, 0.6) is 0 Å². The molecule has 6 nitrogen and oxygen atoms in total. The minimum Gasteiger partial charge on any atom is -0.274 e. The Morgan fingerprint density at radius 3 is 2.56 bits per heavy atom. The zero-order valence-electron chi connectivity index (χ0n) is 14.9. The molecule has 0 saturated heterocycles. The van der Waals surface area contributed by atoms with Gasteiger partial charge in [-0.3, -0.25) is 24.1 Å². The number of rotatable bonds is 8. The van der Waals surface area contributed by atoms with Gasteiger partial charge in [-0.25, -0.2) is 5.48 Å². The van der Waals surface area contributed by atoms with Crippen LogP contribution in [0, 0.1) is 0 Å². The SMILES string of the molecule is CSCCONC(=O)c1ccc2c(c1)C(=O)N(CCc1ccccc1)C2=O. The average molecular weight is 384 g/mol. The summed E-state index contributed by atoms with van der Waals surface area (Å²) < 4.78 is 0. The first-order valence-corrected chi connectivity index (χ1v) is 9.96. The Morgan fingerprint density at radius 1 is 1.07 bits per heavy atom. The molecule has 0 bridgehead atoms. The highest BCUT2D eigenvalue weighted by molar-refractivity contribution is 7.98. The van der Waals surface area contributed by atoms with Gasteiger partial charge in [-0.2, -0.15) is 11.8 Å². The molecule has 0 radical (unpaired) electrons. The maximum Gasteiger partial charge on any atom is 0.274 e. The van der Waals surface area contributed by atoms with Crippen molar-refractivity contribution >= 4 is 29.5 Å². The second kappa shape index (κ2) is 8.83. The molecule has 140 valence electrons. The Bertz CT molecular complexity index is 854. The van der Waals surface area contributed by atoms with E-state index in [0.29, 0.717) is 25.1 Å². The number of benzene rings is 2. The number of imide groups is 1. The van der Waals surface area contributed by atoms with Crippen molar-refractivity contribution in [3.05, 3.63) is 70.8 Å². The Labute approximate surface area is 161 Å². The molecule has 0 aliphatic carbocycles. The molecule has 2 aromatic rings. The average Bonchev–Trinajstić information content (AvgIpc) is 2.94. The van der Waals surface area contributed by atoms with Gasteiger partial charge in [0.1, 0.15) is 0 Å². The van der Waals surface area contributed by atoms with Crippen LogP contribution >= 0.6 is 11.8 Å². The molecule has 1 aliphatic rings. The summed E-state index contributed by atoms with van der Waals surface area (Å²) in [6, 6.07) is 14.2. The maximum atomic E-state index is 12.6. The van der Waals surface area contributed by atoms with E-state index in [4.69, 9.17) is 4.84 Å². The Morgan fingerprint density at radius 2 is 1.81 bits per heavy atom. The van der Waals surface area contributed by atoms with E-state index in [1.165, 1.54) is 23.1 Å². The van der Waals surface area contributed by atoms with Gasteiger partial charge in [0.05, 0.1) is 17.7 Å². The van der Waals surface area contributed by atoms with Crippen LogP contribution in [-0.2, 0) is 11.3 Å². The van der Waals surface area contributed by atoms with Crippen LogP contribution in [0.25, 0.3) is 0 Å². The fourth-order valence-electron chi connectivity index (χ4n) is 2.82. The maximum absolute atomic E-state index is 12.6. The molecule has 2 aromatic carbocycles. The van der Waals surface area contributed by atoms with Crippen LogP contribution in [-0.4, -0.2) is 47.8 Å². The number of nitrogens with one attached hydrogen (secondary N) is 1. The van der Waals surface area contributed by atoms with Gasteiger partial charge in [0, 0.05) is 17.9 Å². The van der Waals surface area contributed by atoms with Crippen LogP contribution in [0.2, 0.25) is 0 Å². The van der Waals surface area contributed by atoms with Gasteiger partial charge >= 0.3 is 0 Å². The predicted molar refractivity (Wildman–Crippen MR) is 104 cm³/mol. The van der Waals surface area contributed by atoms with E-state index in [-0.39, 0.29) is 22.9 Å². The van der Waals surface area contributed by atoms with Crippen LogP contribution in [0.4, 0.5) is 0 Å². The van der Waals surface area contributed by atoms with E-state index in [1.54, 1.807) is 11.8 Å². The van der Waals surface area contributed by atoms with Gasteiger partial charge in [0.2, 0.25) is 0 Å². The number of carbonyl (C=O) groups is 3. The quantitative estimate of drug-likeness (QED) is 0.430. The molecule has 3 amide bonds. The van der Waals surface area contributed by atoms with Gasteiger partial charge in [-0.15, -0.1) is 0 Å². The number of hydrogen-bond acceptors (Lipinski definition) is 5.